The number of nitrogens with one attached hydrogen (secondary N) is 1. The standard InChI is InChI=1S/C13H24N4/c1-4-17(12-6-5-7-14-9-12)10-13-8-11(2)15-16(13)3/h8,12,14H,4-7,9-10H2,1-3H3. The van der Waals surface area contributed by atoms with Crippen molar-refractivity contribution in [2.24, 2.45) is 7.05 Å². The molecule has 0 aliphatic carbocycles. The van der Waals surface area contributed by atoms with E-state index in [9.17, 15) is 0 Å². The number of rotatable bonds is 4. The Bertz CT molecular complexity index is 352. The van der Waals surface area contributed by atoms with Gasteiger partial charge in [0, 0.05) is 26.2 Å². The Labute approximate surface area is 104 Å². The number of nitrogens with zero attached hydrogens (tertiary/aromatic N) is 3. The maximum Gasteiger partial charge on any atom is 0.0597 e. The molecule has 1 aliphatic rings. The Balaban J connectivity index is 2.01. The molecular formula is C13H24N4. The van der Waals surface area contributed by atoms with Crippen LogP contribution in [0.1, 0.15) is 31.2 Å². The van der Waals surface area contributed by atoms with Crippen molar-refractivity contribution in [3.8, 4) is 0 Å². The largest absolute Gasteiger partial charge is 0.315 e. The zero-order valence-electron chi connectivity index (χ0n) is 11.2. The predicted molar refractivity (Wildman–Crippen MR) is 69.9 cm³/mol. The molecule has 96 valence electrons. The van der Waals surface area contributed by atoms with Crippen molar-refractivity contribution in [3.05, 3.63) is 17.5 Å². The van der Waals surface area contributed by atoms with Gasteiger partial charge in [0.2, 0.25) is 0 Å². The summed E-state index contributed by atoms with van der Waals surface area (Å²) < 4.78 is 2.01. The summed E-state index contributed by atoms with van der Waals surface area (Å²) in [6.45, 7) is 8.74. The molecular weight excluding hydrogens is 212 g/mol. The van der Waals surface area contributed by atoms with Crippen molar-refractivity contribution < 1.29 is 0 Å². The molecule has 17 heavy (non-hydrogen) atoms. The zero-order valence-corrected chi connectivity index (χ0v) is 11.2. The molecule has 4 heteroatoms. The van der Waals surface area contributed by atoms with Crippen LogP contribution in [0.2, 0.25) is 0 Å². The van der Waals surface area contributed by atoms with E-state index in [1.165, 1.54) is 25.1 Å². The van der Waals surface area contributed by atoms with Crippen molar-refractivity contribution in [2.75, 3.05) is 19.6 Å². The van der Waals surface area contributed by atoms with Crippen LogP contribution in [0.4, 0.5) is 0 Å². The van der Waals surface area contributed by atoms with Crippen LogP contribution in [0.25, 0.3) is 0 Å². The number of aromatic nitrogens is 2. The molecule has 2 rings (SSSR count). The maximum absolute atomic E-state index is 4.42. The highest BCUT2D eigenvalue weighted by Gasteiger charge is 2.20. The summed E-state index contributed by atoms with van der Waals surface area (Å²) in [7, 11) is 2.04. The Hall–Kier alpha value is -0.870. The van der Waals surface area contributed by atoms with Gasteiger partial charge >= 0.3 is 0 Å². The molecule has 0 aromatic carbocycles. The zero-order chi connectivity index (χ0) is 12.3. The van der Waals surface area contributed by atoms with Gasteiger partial charge in [-0.3, -0.25) is 9.58 Å². The third kappa shape index (κ3) is 3.07. The van der Waals surface area contributed by atoms with Gasteiger partial charge in [0.15, 0.2) is 0 Å². The molecule has 0 amide bonds. The topological polar surface area (TPSA) is 33.1 Å². The van der Waals surface area contributed by atoms with Crippen LogP contribution in [-0.4, -0.2) is 40.4 Å². The van der Waals surface area contributed by atoms with Crippen molar-refractivity contribution in [3.63, 3.8) is 0 Å². The molecule has 1 fully saturated rings. The van der Waals surface area contributed by atoms with Crippen LogP contribution in [0.15, 0.2) is 6.07 Å². The molecule has 1 aliphatic heterocycles. The molecule has 0 bridgehead atoms. The fourth-order valence-electron chi connectivity index (χ4n) is 2.66. The summed E-state index contributed by atoms with van der Waals surface area (Å²) in [6.07, 6.45) is 2.61. The highest BCUT2D eigenvalue weighted by Crippen LogP contribution is 2.14. The van der Waals surface area contributed by atoms with E-state index >= 15 is 0 Å². The maximum atomic E-state index is 4.42. The van der Waals surface area contributed by atoms with E-state index < -0.39 is 0 Å². The third-order valence-electron chi connectivity index (χ3n) is 3.66. The van der Waals surface area contributed by atoms with Crippen LogP contribution < -0.4 is 5.32 Å². The Kier molecular flexibility index (Phi) is 4.18. The fraction of sp³-hybridized carbons (Fsp3) is 0.769. The van der Waals surface area contributed by atoms with Crippen molar-refractivity contribution >= 4 is 0 Å². The van der Waals surface area contributed by atoms with E-state index in [1.807, 2.05) is 11.7 Å². The van der Waals surface area contributed by atoms with Gasteiger partial charge in [0.25, 0.3) is 0 Å². The van der Waals surface area contributed by atoms with E-state index in [-0.39, 0.29) is 0 Å². The summed E-state index contributed by atoms with van der Waals surface area (Å²) in [5, 5.41) is 7.91. The molecule has 2 heterocycles. The van der Waals surface area contributed by atoms with Gasteiger partial charge in [-0.1, -0.05) is 6.92 Å². The summed E-state index contributed by atoms with van der Waals surface area (Å²) in [5.74, 6) is 0. The minimum Gasteiger partial charge on any atom is -0.315 e. The number of likely N-dealkylation sites (N-methyl/N-ethyl adjacent to an activating group) is 1. The molecule has 1 aromatic rings. The minimum absolute atomic E-state index is 0.684. The van der Waals surface area contributed by atoms with Crippen molar-refractivity contribution in [1.29, 1.82) is 0 Å². The van der Waals surface area contributed by atoms with Gasteiger partial charge in [-0.15, -0.1) is 0 Å². The van der Waals surface area contributed by atoms with Crippen LogP contribution in [0.5, 0.6) is 0 Å². The van der Waals surface area contributed by atoms with Crippen LogP contribution in [0.3, 0.4) is 0 Å². The first kappa shape index (κ1) is 12.6. The lowest BCUT2D eigenvalue weighted by molar-refractivity contribution is 0.162. The number of hydrogen-bond acceptors (Lipinski definition) is 3. The normalized spacial score (nSPS) is 21.1. The smallest absolute Gasteiger partial charge is 0.0597 e. The van der Waals surface area contributed by atoms with E-state index in [0.717, 1.165) is 25.3 Å². The van der Waals surface area contributed by atoms with Crippen LogP contribution >= 0.6 is 0 Å². The molecule has 1 saturated heterocycles. The summed E-state index contributed by atoms with van der Waals surface area (Å²) >= 11 is 0. The highest BCUT2D eigenvalue weighted by molar-refractivity contribution is 5.08. The first-order chi connectivity index (χ1) is 8.20. The summed E-state index contributed by atoms with van der Waals surface area (Å²) in [5.41, 5.74) is 2.43. The van der Waals surface area contributed by atoms with Gasteiger partial charge in [0.1, 0.15) is 0 Å². The van der Waals surface area contributed by atoms with Gasteiger partial charge in [-0.2, -0.15) is 5.10 Å². The lowest BCUT2D eigenvalue weighted by Gasteiger charge is -2.33. The van der Waals surface area contributed by atoms with Gasteiger partial charge in [0.05, 0.1) is 11.4 Å². The highest BCUT2D eigenvalue weighted by atomic mass is 15.3. The number of hydrogen-bond donors (Lipinski definition) is 1. The van der Waals surface area contributed by atoms with E-state index in [4.69, 9.17) is 0 Å². The molecule has 0 saturated carbocycles. The lowest BCUT2D eigenvalue weighted by Crippen LogP contribution is -2.45. The fourth-order valence-corrected chi connectivity index (χ4v) is 2.66. The van der Waals surface area contributed by atoms with Crippen LogP contribution in [0, 0.1) is 6.92 Å². The molecule has 0 spiro atoms. The van der Waals surface area contributed by atoms with Gasteiger partial charge in [-0.25, -0.2) is 0 Å². The predicted octanol–water partition coefficient (Wildman–Crippen LogP) is 1.30. The molecule has 0 radical (unpaired) electrons. The Morgan fingerprint density at radius 2 is 2.41 bits per heavy atom. The van der Waals surface area contributed by atoms with E-state index in [2.05, 4.69) is 35.2 Å². The monoisotopic (exact) mass is 236 g/mol. The third-order valence-corrected chi connectivity index (χ3v) is 3.66. The van der Waals surface area contributed by atoms with Crippen molar-refractivity contribution in [1.82, 2.24) is 20.0 Å². The molecule has 1 N–H and O–H groups in total. The number of aryl methyl sites for hydroxylation is 2. The second-order valence-electron chi connectivity index (χ2n) is 4.96. The second-order valence-corrected chi connectivity index (χ2v) is 4.96. The summed E-state index contributed by atoms with van der Waals surface area (Å²) in [4.78, 5) is 2.56. The van der Waals surface area contributed by atoms with Gasteiger partial charge in [-0.05, 0) is 38.9 Å². The quantitative estimate of drug-likeness (QED) is 0.855. The minimum atomic E-state index is 0.684. The average Bonchev–Trinajstić information content (AvgIpc) is 2.66. The van der Waals surface area contributed by atoms with Gasteiger partial charge < -0.3 is 5.32 Å². The lowest BCUT2D eigenvalue weighted by atomic mass is 10.1. The molecule has 1 aromatic heterocycles. The van der Waals surface area contributed by atoms with Crippen LogP contribution in [-0.2, 0) is 13.6 Å². The first-order valence-electron chi connectivity index (χ1n) is 6.65. The SMILES string of the molecule is CCN(Cc1cc(C)nn1C)C1CCCNC1. The molecule has 1 unspecified atom stereocenters. The average molecular weight is 236 g/mol. The number of piperidine rings is 1. The second kappa shape index (κ2) is 5.65. The first-order valence-corrected chi connectivity index (χ1v) is 6.65. The Morgan fingerprint density at radius 3 is 2.94 bits per heavy atom. The molecule has 4 nitrogen and oxygen atoms in total. The summed E-state index contributed by atoms with van der Waals surface area (Å²) in [6, 6.07) is 2.88. The van der Waals surface area contributed by atoms with E-state index in [0.29, 0.717) is 6.04 Å². The molecule has 1 atom stereocenters. The van der Waals surface area contributed by atoms with Crippen molar-refractivity contribution in [2.45, 2.75) is 39.3 Å². The Morgan fingerprint density at radius 1 is 1.59 bits per heavy atom. The van der Waals surface area contributed by atoms with E-state index in [1.54, 1.807) is 0 Å².